The summed E-state index contributed by atoms with van der Waals surface area (Å²) in [6.07, 6.45) is 0.987. The molecule has 0 aliphatic heterocycles. The van der Waals surface area contributed by atoms with Gasteiger partial charge >= 0.3 is 0 Å². The van der Waals surface area contributed by atoms with Gasteiger partial charge in [0, 0.05) is 17.6 Å². The summed E-state index contributed by atoms with van der Waals surface area (Å²) in [6.45, 7) is 4.62. The monoisotopic (exact) mass is 483 g/mol. The van der Waals surface area contributed by atoms with Gasteiger partial charge in [0.1, 0.15) is 18.4 Å². The van der Waals surface area contributed by atoms with Crippen molar-refractivity contribution in [2.75, 3.05) is 17.1 Å². The Morgan fingerprint density at radius 1 is 1.09 bits per heavy atom. The Kier molecular flexibility index (Phi) is 8.63. The fraction of sp³-hybridized carbons (Fsp3) is 0.364. The predicted molar refractivity (Wildman–Crippen MR) is 123 cm³/mol. The molecule has 2 aromatic rings. The SMILES string of the molecule is CC(C)NC(=O)[C@H](C)N(Cc1ccc(F)cc1)C(=O)CN(c1cccc(Cl)c1)S(C)(=O)=O. The summed E-state index contributed by atoms with van der Waals surface area (Å²) in [6, 6.07) is 10.6. The molecule has 7 nitrogen and oxygen atoms in total. The number of halogens is 2. The van der Waals surface area contributed by atoms with Crippen LogP contribution in [0.3, 0.4) is 0 Å². The molecule has 0 bridgehead atoms. The third-order valence-electron chi connectivity index (χ3n) is 4.64. The van der Waals surface area contributed by atoms with E-state index in [-0.39, 0.29) is 24.2 Å². The molecule has 0 spiro atoms. The van der Waals surface area contributed by atoms with Gasteiger partial charge in [0.2, 0.25) is 21.8 Å². The minimum absolute atomic E-state index is 0.00105. The lowest BCUT2D eigenvalue weighted by atomic mass is 10.1. The molecule has 0 radical (unpaired) electrons. The van der Waals surface area contributed by atoms with Crippen LogP contribution in [0.1, 0.15) is 26.3 Å². The standard InChI is InChI=1S/C22H27ClFN3O4S/c1-15(2)25-22(29)16(3)26(13-17-8-10-19(24)11-9-17)21(28)14-27(32(4,30)31)20-7-5-6-18(23)12-20/h5-12,15-16H,13-14H2,1-4H3,(H,25,29)/t16-/m0/s1. The van der Waals surface area contributed by atoms with E-state index in [2.05, 4.69) is 5.32 Å². The van der Waals surface area contributed by atoms with Crippen LogP contribution in [0.15, 0.2) is 48.5 Å². The van der Waals surface area contributed by atoms with Gasteiger partial charge < -0.3 is 10.2 Å². The Hall–Kier alpha value is -2.65. The molecule has 0 aliphatic rings. The molecular formula is C22H27ClFN3O4S. The Labute approximate surface area is 193 Å². The molecule has 2 aromatic carbocycles. The summed E-state index contributed by atoms with van der Waals surface area (Å²) in [5.41, 5.74) is 0.826. The average molecular weight is 484 g/mol. The van der Waals surface area contributed by atoms with Gasteiger partial charge in [-0.2, -0.15) is 0 Å². The molecule has 2 rings (SSSR count). The minimum Gasteiger partial charge on any atom is -0.352 e. The second-order valence-corrected chi connectivity index (χ2v) is 10.1. The van der Waals surface area contributed by atoms with E-state index in [4.69, 9.17) is 11.6 Å². The molecule has 0 heterocycles. The largest absolute Gasteiger partial charge is 0.352 e. The van der Waals surface area contributed by atoms with E-state index in [9.17, 15) is 22.4 Å². The fourth-order valence-electron chi connectivity index (χ4n) is 3.02. The van der Waals surface area contributed by atoms with Crippen molar-refractivity contribution in [3.05, 3.63) is 64.9 Å². The van der Waals surface area contributed by atoms with E-state index in [1.54, 1.807) is 32.9 Å². The molecule has 0 fully saturated rings. The highest BCUT2D eigenvalue weighted by molar-refractivity contribution is 7.92. The van der Waals surface area contributed by atoms with E-state index in [0.717, 1.165) is 10.6 Å². The second kappa shape index (κ2) is 10.8. The number of nitrogens with one attached hydrogen (secondary N) is 1. The summed E-state index contributed by atoms with van der Waals surface area (Å²) in [4.78, 5) is 27.2. The highest BCUT2D eigenvalue weighted by atomic mass is 35.5. The topological polar surface area (TPSA) is 86.8 Å². The highest BCUT2D eigenvalue weighted by Gasteiger charge is 2.30. The number of anilines is 1. The van der Waals surface area contributed by atoms with Gasteiger partial charge in [0.05, 0.1) is 11.9 Å². The van der Waals surface area contributed by atoms with Gasteiger partial charge in [0.15, 0.2) is 0 Å². The number of sulfonamides is 1. The minimum atomic E-state index is -3.83. The zero-order valence-electron chi connectivity index (χ0n) is 18.4. The molecule has 0 saturated heterocycles. The first-order valence-corrected chi connectivity index (χ1v) is 12.2. The maximum atomic E-state index is 13.3. The first-order chi connectivity index (χ1) is 14.9. The van der Waals surface area contributed by atoms with Crippen molar-refractivity contribution in [2.24, 2.45) is 0 Å². The van der Waals surface area contributed by atoms with Crippen LogP contribution in [0.25, 0.3) is 0 Å². The quantitative estimate of drug-likeness (QED) is 0.593. The van der Waals surface area contributed by atoms with Crippen LogP contribution in [-0.4, -0.2) is 50.0 Å². The molecule has 0 aliphatic carbocycles. The molecule has 1 N–H and O–H groups in total. The molecule has 174 valence electrons. The number of carbonyl (C=O) groups excluding carboxylic acids is 2. The number of hydrogen-bond donors (Lipinski definition) is 1. The number of nitrogens with zero attached hydrogens (tertiary/aromatic N) is 2. The normalized spacial score (nSPS) is 12.3. The van der Waals surface area contributed by atoms with Gasteiger partial charge in [-0.1, -0.05) is 29.8 Å². The highest BCUT2D eigenvalue weighted by Crippen LogP contribution is 2.22. The molecule has 0 aromatic heterocycles. The Morgan fingerprint density at radius 2 is 1.72 bits per heavy atom. The summed E-state index contributed by atoms with van der Waals surface area (Å²) >= 11 is 6.00. The Bertz CT molecular complexity index is 1060. The molecular weight excluding hydrogens is 457 g/mol. The molecule has 0 saturated carbocycles. The van der Waals surface area contributed by atoms with Crippen molar-refractivity contribution in [1.82, 2.24) is 10.2 Å². The van der Waals surface area contributed by atoms with Crippen LogP contribution in [0.5, 0.6) is 0 Å². The zero-order chi connectivity index (χ0) is 24.1. The maximum Gasteiger partial charge on any atom is 0.244 e. The number of hydrogen-bond acceptors (Lipinski definition) is 4. The third kappa shape index (κ3) is 7.20. The van der Waals surface area contributed by atoms with E-state index in [1.165, 1.54) is 41.3 Å². The van der Waals surface area contributed by atoms with Crippen LogP contribution < -0.4 is 9.62 Å². The van der Waals surface area contributed by atoms with Crippen LogP contribution in [0, 0.1) is 5.82 Å². The number of carbonyl (C=O) groups is 2. The van der Waals surface area contributed by atoms with Crippen LogP contribution in [-0.2, 0) is 26.2 Å². The van der Waals surface area contributed by atoms with E-state index >= 15 is 0 Å². The van der Waals surface area contributed by atoms with Crippen LogP contribution >= 0.6 is 11.6 Å². The van der Waals surface area contributed by atoms with Crippen LogP contribution in [0.2, 0.25) is 5.02 Å². The van der Waals surface area contributed by atoms with E-state index < -0.39 is 34.3 Å². The van der Waals surface area contributed by atoms with Gasteiger partial charge in [-0.15, -0.1) is 0 Å². The van der Waals surface area contributed by atoms with Crippen molar-refractivity contribution in [3.63, 3.8) is 0 Å². The van der Waals surface area contributed by atoms with Gasteiger partial charge in [-0.25, -0.2) is 12.8 Å². The Morgan fingerprint density at radius 3 is 2.25 bits per heavy atom. The number of amides is 2. The predicted octanol–water partition coefficient (Wildman–Crippen LogP) is 3.19. The smallest absolute Gasteiger partial charge is 0.244 e. The van der Waals surface area contributed by atoms with Crippen molar-refractivity contribution < 1.29 is 22.4 Å². The lowest BCUT2D eigenvalue weighted by molar-refractivity contribution is -0.139. The second-order valence-electron chi connectivity index (χ2n) is 7.74. The molecule has 1 atom stereocenters. The summed E-state index contributed by atoms with van der Waals surface area (Å²) < 4.78 is 39.1. The fourth-order valence-corrected chi connectivity index (χ4v) is 4.05. The summed E-state index contributed by atoms with van der Waals surface area (Å²) in [7, 11) is -3.83. The summed E-state index contributed by atoms with van der Waals surface area (Å²) in [5.74, 6) is -1.41. The third-order valence-corrected chi connectivity index (χ3v) is 6.02. The van der Waals surface area contributed by atoms with Crippen molar-refractivity contribution in [1.29, 1.82) is 0 Å². The molecule has 10 heteroatoms. The lowest BCUT2D eigenvalue weighted by Gasteiger charge is -2.32. The maximum absolute atomic E-state index is 13.3. The van der Waals surface area contributed by atoms with Crippen molar-refractivity contribution in [3.8, 4) is 0 Å². The van der Waals surface area contributed by atoms with Gasteiger partial charge in [0.25, 0.3) is 0 Å². The van der Waals surface area contributed by atoms with Gasteiger partial charge in [-0.05, 0) is 56.7 Å². The number of benzene rings is 2. The summed E-state index contributed by atoms with van der Waals surface area (Å²) in [5, 5.41) is 3.07. The first-order valence-electron chi connectivity index (χ1n) is 9.96. The molecule has 2 amide bonds. The van der Waals surface area contributed by atoms with Crippen molar-refractivity contribution >= 4 is 39.1 Å². The zero-order valence-corrected chi connectivity index (χ0v) is 20.0. The first kappa shape index (κ1) is 25.6. The number of rotatable bonds is 9. The van der Waals surface area contributed by atoms with Crippen molar-refractivity contribution in [2.45, 2.75) is 39.4 Å². The Balaban J connectivity index is 2.38. The lowest BCUT2D eigenvalue weighted by Crippen LogP contribution is -2.52. The average Bonchev–Trinajstić information content (AvgIpc) is 2.69. The van der Waals surface area contributed by atoms with E-state index in [1.807, 2.05) is 0 Å². The van der Waals surface area contributed by atoms with Gasteiger partial charge in [-0.3, -0.25) is 13.9 Å². The molecule has 32 heavy (non-hydrogen) atoms. The van der Waals surface area contributed by atoms with Crippen LogP contribution in [0.4, 0.5) is 10.1 Å². The molecule has 0 unspecified atom stereocenters. The van der Waals surface area contributed by atoms with E-state index in [0.29, 0.717) is 10.6 Å².